The monoisotopic (exact) mass is 372 g/mol. The maximum Gasteiger partial charge on any atom is 0.261 e. The lowest BCUT2D eigenvalue weighted by Gasteiger charge is -2.56. The third-order valence-corrected chi connectivity index (χ3v) is 7.06. The van der Waals surface area contributed by atoms with Gasteiger partial charge >= 0.3 is 0 Å². The van der Waals surface area contributed by atoms with E-state index < -0.39 is 0 Å². The summed E-state index contributed by atoms with van der Waals surface area (Å²) < 4.78 is 6.87. The van der Waals surface area contributed by atoms with Gasteiger partial charge in [0, 0.05) is 16.3 Å². The number of carbonyl (C=O) groups excluding carboxylic acids is 1. The maximum absolute atomic E-state index is 13.0. The van der Waals surface area contributed by atoms with E-state index in [1.807, 2.05) is 38.1 Å². The molecule has 1 aromatic heterocycles. The van der Waals surface area contributed by atoms with Crippen molar-refractivity contribution in [1.82, 2.24) is 10.2 Å². The summed E-state index contributed by atoms with van der Waals surface area (Å²) in [4.78, 5) is 16.3. The number of rotatable bonds is 4. The molecule has 1 aromatic carbocycles. The lowest BCUT2D eigenvalue weighted by molar-refractivity contribution is -0.0377. The van der Waals surface area contributed by atoms with Gasteiger partial charge in [-0.1, -0.05) is 0 Å². The Labute approximate surface area is 159 Å². The van der Waals surface area contributed by atoms with Crippen LogP contribution < -0.4 is 10.1 Å². The van der Waals surface area contributed by atoms with Crippen molar-refractivity contribution in [2.45, 2.75) is 58.2 Å². The Kier molecular flexibility index (Phi) is 4.48. The second kappa shape index (κ2) is 6.54. The van der Waals surface area contributed by atoms with Crippen LogP contribution in [-0.2, 0) is 0 Å². The minimum Gasteiger partial charge on any atom is -0.491 e. The van der Waals surface area contributed by atoms with Crippen LogP contribution in [0.2, 0.25) is 0 Å². The molecule has 26 heavy (non-hydrogen) atoms. The van der Waals surface area contributed by atoms with Gasteiger partial charge in [0.25, 0.3) is 5.91 Å². The molecule has 5 rings (SSSR count). The van der Waals surface area contributed by atoms with Gasteiger partial charge in [0.15, 0.2) is 0 Å². The SMILES string of the molecule is CC(C)Oc1ccc2cc(C(=O)N[C@@H]3C4CCN(CC4)C3(C)C)sc2c1. The number of hydrogen-bond donors (Lipinski definition) is 1. The quantitative estimate of drug-likeness (QED) is 0.870. The van der Waals surface area contributed by atoms with E-state index in [4.69, 9.17) is 4.74 Å². The van der Waals surface area contributed by atoms with Crippen LogP contribution in [0.4, 0.5) is 0 Å². The second-order valence-electron chi connectivity index (χ2n) is 8.41. The van der Waals surface area contributed by atoms with E-state index in [1.165, 1.54) is 12.8 Å². The van der Waals surface area contributed by atoms with Gasteiger partial charge in [-0.3, -0.25) is 9.69 Å². The topological polar surface area (TPSA) is 41.6 Å². The van der Waals surface area contributed by atoms with Gasteiger partial charge in [0.2, 0.25) is 0 Å². The Morgan fingerprint density at radius 2 is 2.00 bits per heavy atom. The lowest BCUT2D eigenvalue weighted by Crippen LogP contribution is -2.69. The number of nitrogens with one attached hydrogen (secondary N) is 1. The van der Waals surface area contributed by atoms with Crippen LogP contribution in [0.3, 0.4) is 0 Å². The molecule has 4 nitrogen and oxygen atoms in total. The first-order valence-corrected chi connectivity index (χ1v) is 10.4. The van der Waals surface area contributed by atoms with Crippen molar-refractivity contribution >= 4 is 27.3 Å². The smallest absolute Gasteiger partial charge is 0.261 e. The summed E-state index contributed by atoms with van der Waals surface area (Å²) in [6.45, 7) is 10.9. The van der Waals surface area contributed by atoms with Crippen molar-refractivity contribution in [3.63, 3.8) is 0 Å². The van der Waals surface area contributed by atoms with Crippen molar-refractivity contribution in [1.29, 1.82) is 0 Å². The van der Waals surface area contributed by atoms with E-state index in [1.54, 1.807) is 11.3 Å². The highest BCUT2D eigenvalue weighted by molar-refractivity contribution is 7.20. The van der Waals surface area contributed by atoms with Crippen molar-refractivity contribution in [3.8, 4) is 5.75 Å². The number of fused-ring (bicyclic) bond motifs is 4. The van der Waals surface area contributed by atoms with Crippen molar-refractivity contribution in [2.75, 3.05) is 13.1 Å². The summed E-state index contributed by atoms with van der Waals surface area (Å²) in [5.74, 6) is 1.52. The third-order valence-electron chi connectivity index (χ3n) is 5.96. The number of hydrogen-bond acceptors (Lipinski definition) is 4. The molecule has 2 aromatic rings. The zero-order valence-corrected chi connectivity index (χ0v) is 16.9. The van der Waals surface area contributed by atoms with E-state index in [-0.39, 0.29) is 23.6 Å². The van der Waals surface area contributed by atoms with Crippen molar-refractivity contribution < 1.29 is 9.53 Å². The molecule has 3 aliphatic heterocycles. The van der Waals surface area contributed by atoms with Gasteiger partial charge in [-0.25, -0.2) is 0 Å². The van der Waals surface area contributed by atoms with Crippen molar-refractivity contribution in [2.24, 2.45) is 5.92 Å². The molecule has 0 saturated carbocycles. The Hall–Kier alpha value is -1.59. The van der Waals surface area contributed by atoms with Crippen LogP contribution in [0.5, 0.6) is 5.75 Å². The number of ether oxygens (including phenoxy) is 1. The summed E-state index contributed by atoms with van der Waals surface area (Å²) in [6, 6.07) is 8.28. The first-order chi connectivity index (χ1) is 12.3. The Morgan fingerprint density at radius 3 is 2.65 bits per heavy atom. The predicted molar refractivity (Wildman–Crippen MR) is 107 cm³/mol. The molecule has 3 saturated heterocycles. The van der Waals surface area contributed by atoms with E-state index in [9.17, 15) is 4.79 Å². The molecule has 140 valence electrons. The second-order valence-corrected chi connectivity index (χ2v) is 9.49. The fourth-order valence-electron chi connectivity index (χ4n) is 4.56. The zero-order valence-electron chi connectivity index (χ0n) is 16.0. The molecule has 1 N–H and O–H groups in total. The van der Waals surface area contributed by atoms with Crippen LogP contribution >= 0.6 is 11.3 Å². The summed E-state index contributed by atoms with van der Waals surface area (Å²) >= 11 is 1.55. The van der Waals surface area contributed by atoms with Gasteiger partial charge in [-0.05, 0) is 89.2 Å². The predicted octanol–water partition coefficient (Wildman–Crippen LogP) is 4.29. The van der Waals surface area contributed by atoms with E-state index in [2.05, 4.69) is 24.1 Å². The number of carbonyl (C=O) groups is 1. The fourth-order valence-corrected chi connectivity index (χ4v) is 5.55. The molecule has 3 aliphatic rings. The molecule has 1 amide bonds. The zero-order chi connectivity index (χ0) is 18.5. The van der Waals surface area contributed by atoms with Gasteiger partial charge in [-0.2, -0.15) is 0 Å². The van der Waals surface area contributed by atoms with E-state index >= 15 is 0 Å². The molecule has 0 radical (unpaired) electrons. The van der Waals surface area contributed by atoms with Crippen LogP contribution in [0, 0.1) is 5.92 Å². The molecule has 1 atom stereocenters. The molecule has 0 spiro atoms. The van der Waals surface area contributed by atoms with Crippen LogP contribution in [0.15, 0.2) is 24.3 Å². The summed E-state index contributed by atoms with van der Waals surface area (Å²) in [5, 5.41) is 4.46. The normalized spacial score (nSPS) is 27.0. The van der Waals surface area contributed by atoms with Crippen LogP contribution in [0.1, 0.15) is 50.2 Å². The average molecular weight is 373 g/mol. The van der Waals surface area contributed by atoms with Gasteiger partial charge < -0.3 is 10.1 Å². The molecule has 0 aliphatic carbocycles. The third kappa shape index (κ3) is 3.12. The standard InChI is InChI=1S/C21H28N2O2S/c1-13(2)25-16-6-5-15-11-18(26-17(15)12-16)20(24)22-19-14-7-9-23(10-8-14)21(19,3)4/h5-6,11-14,19H,7-10H2,1-4H3,(H,22,24)/t19-/m1/s1. The minimum absolute atomic E-state index is 0.0335. The summed E-state index contributed by atoms with van der Waals surface area (Å²) in [7, 11) is 0. The van der Waals surface area contributed by atoms with Gasteiger partial charge in [-0.15, -0.1) is 11.3 Å². The number of thiophene rings is 1. The molecule has 2 bridgehead atoms. The number of amides is 1. The highest BCUT2D eigenvalue weighted by Crippen LogP contribution is 2.39. The number of nitrogens with zero attached hydrogens (tertiary/aromatic N) is 1. The first kappa shape index (κ1) is 17.8. The van der Waals surface area contributed by atoms with E-state index in [0.717, 1.165) is 33.8 Å². The molecular weight excluding hydrogens is 344 g/mol. The Balaban J connectivity index is 1.54. The Morgan fingerprint density at radius 1 is 1.27 bits per heavy atom. The highest BCUT2D eigenvalue weighted by atomic mass is 32.1. The molecule has 3 fully saturated rings. The van der Waals surface area contributed by atoms with Gasteiger partial charge in [0.1, 0.15) is 5.75 Å². The molecule has 0 unspecified atom stereocenters. The Bertz CT molecular complexity index is 819. The largest absolute Gasteiger partial charge is 0.491 e. The highest BCUT2D eigenvalue weighted by Gasteiger charge is 2.48. The van der Waals surface area contributed by atoms with Crippen LogP contribution in [0.25, 0.3) is 10.1 Å². The van der Waals surface area contributed by atoms with Gasteiger partial charge in [0.05, 0.1) is 11.0 Å². The minimum atomic E-state index is 0.0335. The molecule has 5 heteroatoms. The summed E-state index contributed by atoms with van der Waals surface area (Å²) in [6.07, 6.45) is 2.53. The summed E-state index contributed by atoms with van der Waals surface area (Å²) in [5.41, 5.74) is 0.0335. The van der Waals surface area contributed by atoms with Crippen LogP contribution in [-0.4, -0.2) is 41.6 Å². The number of benzene rings is 1. The van der Waals surface area contributed by atoms with E-state index in [0.29, 0.717) is 5.92 Å². The molecule has 4 heterocycles. The first-order valence-electron chi connectivity index (χ1n) is 9.61. The average Bonchev–Trinajstić information content (AvgIpc) is 3.01. The lowest BCUT2D eigenvalue weighted by atomic mass is 9.72. The molecular formula is C21H28N2O2S. The van der Waals surface area contributed by atoms with Crippen molar-refractivity contribution in [3.05, 3.63) is 29.1 Å². The fraction of sp³-hybridized carbons (Fsp3) is 0.571. The number of piperidine rings is 3. The maximum atomic E-state index is 13.0.